The third-order valence-corrected chi connectivity index (χ3v) is 8.57. The Hall–Kier alpha value is -4.42. The number of esters is 2. The molecule has 2 aliphatic rings. The number of hydrogen-bond donors (Lipinski definition) is 2. The predicted octanol–water partition coefficient (Wildman–Crippen LogP) is 6.14. The molecule has 0 atom stereocenters. The van der Waals surface area contributed by atoms with Crippen LogP contribution in [0.25, 0.3) is 0 Å². The second-order valence-electron chi connectivity index (χ2n) is 11.1. The summed E-state index contributed by atoms with van der Waals surface area (Å²) in [6.45, 7) is 4.73. The van der Waals surface area contributed by atoms with E-state index in [2.05, 4.69) is 47.0 Å². The molecule has 214 valence electrons. The number of aryl methyl sites for hydroxylation is 4. The van der Waals surface area contributed by atoms with Crippen LogP contribution in [0.4, 0.5) is 5.69 Å². The zero-order chi connectivity index (χ0) is 29.1. The van der Waals surface area contributed by atoms with Crippen molar-refractivity contribution in [3.05, 3.63) is 128 Å². The van der Waals surface area contributed by atoms with Crippen molar-refractivity contribution in [1.29, 1.82) is 0 Å². The molecule has 0 saturated carbocycles. The van der Waals surface area contributed by atoms with Crippen LogP contribution in [0.3, 0.4) is 0 Å². The van der Waals surface area contributed by atoms with Gasteiger partial charge in [0, 0.05) is 25.3 Å². The Labute approximate surface area is 247 Å². The lowest BCUT2D eigenvalue weighted by Crippen LogP contribution is -2.14. The smallest absolute Gasteiger partial charge is 0.343 e. The Balaban J connectivity index is 1.16. The van der Waals surface area contributed by atoms with Gasteiger partial charge in [-0.3, -0.25) is 0 Å². The van der Waals surface area contributed by atoms with E-state index in [1.165, 1.54) is 40.6 Å². The van der Waals surface area contributed by atoms with Crippen LogP contribution in [-0.4, -0.2) is 25.6 Å². The van der Waals surface area contributed by atoms with E-state index in [4.69, 9.17) is 9.47 Å². The molecular formula is C36H36N2O4. The minimum Gasteiger partial charge on any atom is -0.465 e. The van der Waals surface area contributed by atoms with Gasteiger partial charge in [0.05, 0.1) is 12.7 Å². The normalized spacial score (nSPS) is 13.3. The molecule has 2 heterocycles. The highest BCUT2D eigenvalue weighted by molar-refractivity contribution is 5.97. The number of benzene rings is 4. The van der Waals surface area contributed by atoms with Crippen LogP contribution in [-0.2, 0) is 49.9 Å². The summed E-state index contributed by atoms with van der Waals surface area (Å²) in [6.07, 6.45) is 4.48. The first-order valence-electron chi connectivity index (χ1n) is 14.7. The Morgan fingerprint density at radius 1 is 0.762 bits per heavy atom. The lowest BCUT2D eigenvalue weighted by Gasteiger charge is -2.16. The molecule has 2 aliphatic heterocycles. The van der Waals surface area contributed by atoms with Gasteiger partial charge < -0.3 is 20.1 Å². The van der Waals surface area contributed by atoms with Crippen LogP contribution in [0.5, 0.6) is 5.75 Å². The van der Waals surface area contributed by atoms with Gasteiger partial charge in [0.25, 0.3) is 0 Å². The molecule has 6 heteroatoms. The maximum absolute atomic E-state index is 13.3. The van der Waals surface area contributed by atoms with Gasteiger partial charge in [0.2, 0.25) is 0 Å². The van der Waals surface area contributed by atoms with Gasteiger partial charge in [-0.15, -0.1) is 0 Å². The van der Waals surface area contributed by atoms with Crippen LogP contribution in [0.2, 0.25) is 0 Å². The molecule has 42 heavy (non-hydrogen) atoms. The zero-order valence-electron chi connectivity index (χ0n) is 24.2. The van der Waals surface area contributed by atoms with E-state index in [1.807, 2.05) is 25.1 Å². The van der Waals surface area contributed by atoms with Crippen LogP contribution < -0.4 is 15.4 Å². The van der Waals surface area contributed by atoms with Gasteiger partial charge in [0.15, 0.2) is 0 Å². The number of para-hydroxylation sites is 1. The van der Waals surface area contributed by atoms with Gasteiger partial charge >= 0.3 is 11.9 Å². The molecule has 0 unspecified atom stereocenters. The molecular weight excluding hydrogens is 524 g/mol. The number of ether oxygens (including phenoxy) is 2. The third-order valence-electron chi connectivity index (χ3n) is 8.57. The average molecular weight is 561 g/mol. The maximum Gasteiger partial charge on any atom is 0.343 e. The molecule has 0 amide bonds. The highest BCUT2D eigenvalue weighted by Crippen LogP contribution is 2.32. The van der Waals surface area contributed by atoms with Crippen molar-refractivity contribution < 1.29 is 19.1 Å². The number of hydrogen-bond acceptors (Lipinski definition) is 6. The summed E-state index contributed by atoms with van der Waals surface area (Å²) in [5, 5.41) is 6.93. The molecule has 0 spiro atoms. The van der Waals surface area contributed by atoms with Gasteiger partial charge in [-0.05, 0) is 102 Å². The van der Waals surface area contributed by atoms with Crippen molar-refractivity contribution >= 4 is 17.6 Å². The summed E-state index contributed by atoms with van der Waals surface area (Å²) in [6, 6.07) is 24.2. The molecule has 0 saturated heterocycles. The average Bonchev–Trinajstić information content (AvgIpc) is 3.71. The molecule has 6 rings (SSSR count). The summed E-state index contributed by atoms with van der Waals surface area (Å²) in [7, 11) is 1.33. The van der Waals surface area contributed by atoms with Crippen molar-refractivity contribution in [2.45, 2.75) is 52.1 Å². The molecule has 2 N–H and O–H groups in total. The Morgan fingerprint density at radius 2 is 1.50 bits per heavy atom. The fraction of sp³-hybridized carbons (Fsp3) is 0.278. The highest BCUT2D eigenvalue weighted by Gasteiger charge is 2.22. The summed E-state index contributed by atoms with van der Waals surface area (Å²) in [5.74, 6) is -0.768. The number of nitrogens with one attached hydrogen (secondary N) is 2. The van der Waals surface area contributed by atoms with Gasteiger partial charge in [-0.1, -0.05) is 54.6 Å². The third kappa shape index (κ3) is 5.68. The molecule has 0 fully saturated rings. The summed E-state index contributed by atoms with van der Waals surface area (Å²) in [5.41, 5.74) is 11.7. The topological polar surface area (TPSA) is 76.7 Å². The number of fused-ring (bicyclic) bond motifs is 2. The molecule has 0 aromatic heterocycles. The fourth-order valence-electron chi connectivity index (χ4n) is 6.17. The molecule has 4 aromatic rings. The van der Waals surface area contributed by atoms with Crippen LogP contribution in [0, 0.1) is 6.92 Å². The van der Waals surface area contributed by atoms with Crippen molar-refractivity contribution in [3.8, 4) is 5.75 Å². The largest absolute Gasteiger partial charge is 0.465 e. The number of anilines is 1. The predicted molar refractivity (Wildman–Crippen MR) is 164 cm³/mol. The van der Waals surface area contributed by atoms with Crippen molar-refractivity contribution in [2.24, 2.45) is 0 Å². The Bertz CT molecular complexity index is 1640. The summed E-state index contributed by atoms with van der Waals surface area (Å²) < 4.78 is 10.9. The second-order valence-corrected chi connectivity index (χ2v) is 11.1. The van der Waals surface area contributed by atoms with Crippen LogP contribution in [0.1, 0.15) is 65.2 Å². The first kappa shape index (κ1) is 27.7. The van der Waals surface area contributed by atoms with E-state index in [9.17, 15) is 9.59 Å². The first-order valence-corrected chi connectivity index (χ1v) is 14.7. The van der Waals surface area contributed by atoms with Gasteiger partial charge in [-0.2, -0.15) is 0 Å². The van der Waals surface area contributed by atoms with E-state index in [0.717, 1.165) is 68.4 Å². The molecule has 0 bridgehead atoms. The van der Waals surface area contributed by atoms with Crippen LogP contribution in [0.15, 0.2) is 72.8 Å². The minimum absolute atomic E-state index is 0.246. The van der Waals surface area contributed by atoms with Crippen LogP contribution >= 0.6 is 0 Å². The summed E-state index contributed by atoms with van der Waals surface area (Å²) in [4.78, 5) is 25.9. The number of carbonyl (C=O) groups excluding carboxylic acids is 2. The van der Waals surface area contributed by atoms with E-state index in [1.54, 1.807) is 18.2 Å². The van der Waals surface area contributed by atoms with Crippen molar-refractivity contribution in [3.63, 3.8) is 0 Å². The number of rotatable bonds is 9. The van der Waals surface area contributed by atoms with E-state index >= 15 is 0 Å². The number of methoxy groups -OCH3 is 1. The Morgan fingerprint density at radius 3 is 2.31 bits per heavy atom. The highest BCUT2D eigenvalue weighted by atomic mass is 16.5. The lowest BCUT2D eigenvalue weighted by molar-refractivity contribution is 0.0592. The number of carbonyl (C=O) groups is 2. The van der Waals surface area contributed by atoms with Gasteiger partial charge in [-0.25, -0.2) is 9.59 Å². The van der Waals surface area contributed by atoms with E-state index < -0.39 is 11.9 Å². The zero-order valence-corrected chi connectivity index (χ0v) is 24.2. The first-order chi connectivity index (χ1) is 20.5. The maximum atomic E-state index is 13.3. The van der Waals surface area contributed by atoms with E-state index in [0.29, 0.717) is 5.56 Å². The SMILES string of the molecule is COC(=O)c1ccc(CCc2cccc3c2NCC3)c(C)c1OC(=O)c1ccc(CCc2cccc3c2CNC3)cc1. The Kier molecular flexibility index (Phi) is 8.06. The monoisotopic (exact) mass is 560 g/mol. The molecule has 6 nitrogen and oxygen atoms in total. The van der Waals surface area contributed by atoms with E-state index in [-0.39, 0.29) is 11.3 Å². The molecule has 0 aliphatic carbocycles. The van der Waals surface area contributed by atoms with Crippen molar-refractivity contribution in [2.75, 3.05) is 19.0 Å². The molecule has 4 aromatic carbocycles. The lowest BCUT2D eigenvalue weighted by atomic mass is 9.96. The fourth-order valence-corrected chi connectivity index (χ4v) is 6.17. The standard InChI is InChI=1S/C36H36N2O4/c1-23-25(15-16-27-6-4-7-28-19-20-38-33(27)28)17-18-31(36(40)41-2)34(23)42-35(39)29-13-10-24(11-14-29)9-12-26-5-3-8-30-21-37-22-32(26)30/h3-8,10-11,13-14,17-18,37-38H,9,12,15-16,19-22H2,1-2H3. The second kappa shape index (κ2) is 12.2. The van der Waals surface area contributed by atoms with Crippen molar-refractivity contribution in [1.82, 2.24) is 5.32 Å². The summed E-state index contributed by atoms with van der Waals surface area (Å²) >= 11 is 0. The quantitative estimate of drug-likeness (QED) is 0.189. The minimum atomic E-state index is -0.532. The van der Waals surface area contributed by atoms with Gasteiger partial charge in [0.1, 0.15) is 11.3 Å². The molecule has 0 radical (unpaired) electrons.